The highest BCUT2D eigenvalue weighted by Gasteiger charge is 2.27. The van der Waals surface area contributed by atoms with Crippen LogP contribution in [-0.4, -0.2) is 20.5 Å². The number of carboxylic acids is 1. The second-order valence-corrected chi connectivity index (χ2v) is 4.29. The van der Waals surface area contributed by atoms with Crippen LogP contribution in [0, 0.1) is 11.7 Å². The Bertz CT molecular complexity index is 563. The van der Waals surface area contributed by atoms with Crippen LogP contribution in [0.25, 0.3) is 5.65 Å². The van der Waals surface area contributed by atoms with Crippen molar-refractivity contribution in [3.05, 3.63) is 36.0 Å². The summed E-state index contributed by atoms with van der Waals surface area (Å²) in [4.78, 5) is 15.2. The van der Waals surface area contributed by atoms with Crippen molar-refractivity contribution in [3.63, 3.8) is 0 Å². The van der Waals surface area contributed by atoms with Crippen molar-refractivity contribution in [3.8, 4) is 0 Å². The lowest BCUT2D eigenvalue weighted by atomic mass is 9.93. The molecule has 0 amide bonds. The molecule has 2 rings (SSSR count). The van der Waals surface area contributed by atoms with E-state index in [4.69, 9.17) is 0 Å². The second kappa shape index (κ2) is 4.16. The monoisotopic (exact) mass is 236 g/mol. The van der Waals surface area contributed by atoms with Crippen LogP contribution in [0.2, 0.25) is 0 Å². The van der Waals surface area contributed by atoms with Gasteiger partial charge in [0.15, 0.2) is 11.5 Å². The summed E-state index contributed by atoms with van der Waals surface area (Å²) < 4.78 is 14.9. The minimum Gasteiger partial charge on any atom is -0.481 e. The van der Waals surface area contributed by atoms with Gasteiger partial charge in [-0.3, -0.25) is 4.79 Å². The average Bonchev–Trinajstić information content (AvgIpc) is 2.63. The number of imidazole rings is 1. The Morgan fingerprint density at radius 3 is 2.82 bits per heavy atom. The first-order valence-corrected chi connectivity index (χ1v) is 5.36. The molecule has 17 heavy (non-hydrogen) atoms. The number of aliphatic carboxylic acids is 1. The van der Waals surface area contributed by atoms with Crippen LogP contribution in [0.1, 0.15) is 25.5 Å². The van der Waals surface area contributed by atoms with Gasteiger partial charge in [0.1, 0.15) is 5.92 Å². The molecule has 0 saturated heterocycles. The Balaban J connectivity index is 2.62. The fourth-order valence-electron chi connectivity index (χ4n) is 1.98. The van der Waals surface area contributed by atoms with E-state index in [1.807, 2.05) is 13.8 Å². The number of hydrogen-bond donors (Lipinski definition) is 1. The first kappa shape index (κ1) is 11.6. The molecule has 1 N–H and O–H groups in total. The molecule has 2 heterocycles. The predicted molar refractivity (Wildman–Crippen MR) is 60.4 cm³/mol. The molecule has 0 spiro atoms. The number of halogens is 1. The van der Waals surface area contributed by atoms with Crippen molar-refractivity contribution in [1.29, 1.82) is 0 Å². The van der Waals surface area contributed by atoms with Gasteiger partial charge in [-0.25, -0.2) is 9.37 Å². The maximum Gasteiger partial charge on any atom is 0.312 e. The average molecular weight is 236 g/mol. The van der Waals surface area contributed by atoms with Crippen molar-refractivity contribution >= 4 is 11.6 Å². The molecule has 90 valence electrons. The molecule has 2 aromatic heterocycles. The van der Waals surface area contributed by atoms with Crippen LogP contribution in [0.3, 0.4) is 0 Å². The van der Waals surface area contributed by atoms with Crippen LogP contribution < -0.4 is 0 Å². The zero-order chi connectivity index (χ0) is 12.6. The quantitative estimate of drug-likeness (QED) is 0.889. The summed E-state index contributed by atoms with van der Waals surface area (Å²) in [6.45, 7) is 3.63. The SMILES string of the molecule is CC(C)C(C(=O)O)c1cnc2c(F)cccn12. The third kappa shape index (κ3) is 1.88. The molecule has 0 aliphatic heterocycles. The maximum atomic E-state index is 13.4. The first-order chi connectivity index (χ1) is 8.02. The van der Waals surface area contributed by atoms with E-state index in [0.717, 1.165) is 0 Å². The number of pyridine rings is 1. The summed E-state index contributed by atoms with van der Waals surface area (Å²) >= 11 is 0. The van der Waals surface area contributed by atoms with Crippen LogP contribution in [-0.2, 0) is 4.79 Å². The molecule has 0 saturated carbocycles. The van der Waals surface area contributed by atoms with Crippen molar-refractivity contribution < 1.29 is 14.3 Å². The van der Waals surface area contributed by atoms with E-state index >= 15 is 0 Å². The van der Waals surface area contributed by atoms with Gasteiger partial charge in [-0.15, -0.1) is 0 Å². The largest absolute Gasteiger partial charge is 0.481 e. The van der Waals surface area contributed by atoms with Gasteiger partial charge in [0.05, 0.1) is 11.9 Å². The molecular formula is C12H13FN2O2. The van der Waals surface area contributed by atoms with Gasteiger partial charge < -0.3 is 9.51 Å². The summed E-state index contributed by atoms with van der Waals surface area (Å²) in [5.41, 5.74) is 0.663. The lowest BCUT2D eigenvalue weighted by Crippen LogP contribution is -2.19. The maximum absolute atomic E-state index is 13.4. The van der Waals surface area contributed by atoms with E-state index in [2.05, 4.69) is 4.98 Å². The third-order valence-electron chi connectivity index (χ3n) is 2.77. The van der Waals surface area contributed by atoms with E-state index in [0.29, 0.717) is 5.69 Å². The van der Waals surface area contributed by atoms with Gasteiger partial charge in [0.25, 0.3) is 0 Å². The molecule has 0 aromatic carbocycles. The van der Waals surface area contributed by atoms with E-state index in [1.165, 1.54) is 22.7 Å². The molecule has 2 aromatic rings. The molecule has 1 atom stereocenters. The van der Waals surface area contributed by atoms with Crippen molar-refractivity contribution in [2.75, 3.05) is 0 Å². The number of carboxylic acid groups (broad SMARTS) is 1. The minimum atomic E-state index is -0.925. The first-order valence-electron chi connectivity index (χ1n) is 5.36. The Kier molecular flexibility index (Phi) is 2.83. The normalized spacial score (nSPS) is 13.2. The summed E-state index contributed by atoms with van der Waals surface area (Å²) in [5.74, 6) is -2.15. The van der Waals surface area contributed by atoms with Crippen LogP contribution in [0.5, 0.6) is 0 Å². The van der Waals surface area contributed by atoms with Crippen molar-refractivity contribution in [2.45, 2.75) is 19.8 Å². The van der Waals surface area contributed by atoms with Crippen LogP contribution in [0.4, 0.5) is 4.39 Å². The molecular weight excluding hydrogens is 223 g/mol. The number of aromatic nitrogens is 2. The highest BCUT2D eigenvalue weighted by Crippen LogP contribution is 2.26. The van der Waals surface area contributed by atoms with E-state index in [1.54, 1.807) is 6.20 Å². The van der Waals surface area contributed by atoms with Crippen molar-refractivity contribution in [2.24, 2.45) is 5.92 Å². The minimum absolute atomic E-state index is 0.0873. The van der Waals surface area contributed by atoms with Crippen molar-refractivity contribution in [1.82, 2.24) is 9.38 Å². The van der Waals surface area contributed by atoms with E-state index < -0.39 is 17.7 Å². The van der Waals surface area contributed by atoms with Crippen LogP contribution in [0.15, 0.2) is 24.5 Å². The summed E-state index contributed by atoms with van der Waals surface area (Å²) in [7, 11) is 0. The Labute approximate surface area is 97.7 Å². The van der Waals surface area contributed by atoms with E-state index in [-0.39, 0.29) is 11.6 Å². The lowest BCUT2D eigenvalue weighted by molar-refractivity contribution is -0.140. The summed E-state index contributed by atoms with van der Waals surface area (Å²) in [5, 5.41) is 9.21. The van der Waals surface area contributed by atoms with Crippen LogP contribution >= 0.6 is 0 Å². The predicted octanol–water partition coefficient (Wildman–Crippen LogP) is 2.30. The van der Waals surface area contributed by atoms with Gasteiger partial charge in [-0.2, -0.15) is 0 Å². The zero-order valence-electron chi connectivity index (χ0n) is 9.59. The molecule has 5 heteroatoms. The fourth-order valence-corrected chi connectivity index (χ4v) is 1.98. The molecule has 4 nitrogen and oxygen atoms in total. The molecule has 0 aliphatic rings. The molecule has 0 fully saturated rings. The Hall–Kier alpha value is -1.91. The Morgan fingerprint density at radius 1 is 1.53 bits per heavy atom. The number of rotatable bonds is 3. The number of hydrogen-bond acceptors (Lipinski definition) is 2. The van der Waals surface area contributed by atoms with Gasteiger partial charge in [-0.1, -0.05) is 13.8 Å². The second-order valence-electron chi connectivity index (χ2n) is 4.29. The summed E-state index contributed by atoms with van der Waals surface area (Å²) in [6, 6.07) is 2.84. The van der Waals surface area contributed by atoms with Gasteiger partial charge in [0.2, 0.25) is 0 Å². The number of fused-ring (bicyclic) bond motifs is 1. The number of nitrogens with zero attached hydrogens (tertiary/aromatic N) is 2. The molecule has 1 unspecified atom stereocenters. The Morgan fingerprint density at radius 2 is 2.24 bits per heavy atom. The van der Waals surface area contributed by atoms with Gasteiger partial charge in [0, 0.05) is 6.20 Å². The van der Waals surface area contributed by atoms with E-state index in [9.17, 15) is 14.3 Å². The molecule has 0 bridgehead atoms. The lowest BCUT2D eigenvalue weighted by Gasteiger charge is -2.15. The summed E-state index contributed by atoms with van der Waals surface area (Å²) in [6.07, 6.45) is 3.05. The zero-order valence-corrected chi connectivity index (χ0v) is 9.59. The highest BCUT2D eigenvalue weighted by molar-refractivity contribution is 5.76. The topological polar surface area (TPSA) is 54.6 Å². The fraction of sp³-hybridized carbons (Fsp3) is 0.333. The smallest absolute Gasteiger partial charge is 0.312 e. The highest BCUT2D eigenvalue weighted by atomic mass is 19.1. The number of carbonyl (C=O) groups is 1. The standard InChI is InChI=1S/C12H13FN2O2/c1-7(2)10(12(16)17)9-6-14-11-8(13)4-3-5-15(9)11/h3-7,10H,1-2H3,(H,16,17). The van der Waals surface area contributed by atoms with Gasteiger partial charge in [-0.05, 0) is 18.1 Å². The molecule has 0 radical (unpaired) electrons. The van der Waals surface area contributed by atoms with Gasteiger partial charge >= 0.3 is 5.97 Å². The molecule has 0 aliphatic carbocycles. The third-order valence-corrected chi connectivity index (χ3v) is 2.77.